The van der Waals surface area contributed by atoms with Gasteiger partial charge in [0.1, 0.15) is 5.01 Å². The summed E-state index contributed by atoms with van der Waals surface area (Å²) in [4.78, 5) is 8.72. The van der Waals surface area contributed by atoms with Gasteiger partial charge in [-0.2, -0.15) is 0 Å². The van der Waals surface area contributed by atoms with Gasteiger partial charge in [0, 0.05) is 29.3 Å². The first-order valence-electron chi connectivity index (χ1n) is 5.37. The zero-order valence-corrected chi connectivity index (χ0v) is 10.1. The largest absolute Gasteiger partial charge is 0.330 e. The maximum atomic E-state index is 5.55. The lowest BCUT2D eigenvalue weighted by molar-refractivity contribution is 0.675. The van der Waals surface area contributed by atoms with Gasteiger partial charge in [0.15, 0.2) is 0 Å². The standard InChI is InChI=1S/C12H15N3S/c1-9(4-5-13)11-8-16-12(15-11)10-3-2-6-14-7-10/h2-3,6-9H,4-5,13H2,1H3. The fraction of sp³-hybridized carbons (Fsp3) is 0.333. The Morgan fingerprint density at radius 3 is 3.06 bits per heavy atom. The van der Waals surface area contributed by atoms with Crippen molar-refractivity contribution in [3.05, 3.63) is 35.6 Å². The maximum absolute atomic E-state index is 5.55. The highest BCUT2D eigenvalue weighted by atomic mass is 32.1. The molecule has 0 aliphatic heterocycles. The fourth-order valence-corrected chi connectivity index (χ4v) is 2.46. The molecule has 2 heterocycles. The summed E-state index contributed by atoms with van der Waals surface area (Å²) in [6.45, 7) is 2.87. The van der Waals surface area contributed by atoms with E-state index < -0.39 is 0 Å². The third-order valence-corrected chi connectivity index (χ3v) is 3.44. The van der Waals surface area contributed by atoms with Gasteiger partial charge in [0.25, 0.3) is 0 Å². The Hall–Kier alpha value is -1.26. The van der Waals surface area contributed by atoms with Crippen molar-refractivity contribution < 1.29 is 0 Å². The van der Waals surface area contributed by atoms with Crippen molar-refractivity contribution in [1.29, 1.82) is 0 Å². The van der Waals surface area contributed by atoms with Gasteiger partial charge in [0.2, 0.25) is 0 Å². The first-order chi connectivity index (χ1) is 7.81. The lowest BCUT2D eigenvalue weighted by atomic mass is 10.1. The van der Waals surface area contributed by atoms with E-state index in [0.29, 0.717) is 12.5 Å². The number of aromatic nitrogens is 2. The Bertz CT molecular complexity index is 439. The number of pyridine rings is 1. The zero-order valence-electron chi connectivity index (χ0n) is 9.26. The molecule has 2 N–H and O–H groups in total. The van der Waals surface area contributed by atoms with Crippen molar-refractivity contribution in [2.75, 3.05) is 6.54 Å². The Kier molecular flexibility index (Phi) is 3.64. The predicted molar refractivity (Wildman–Crippen MR) is 67.4 cm³/mol. The summed E-state index contributed by atoms with van der Waals surface area (Å²) in [5.74, 6) is 0.437. The molecular weight excluding hydrogens is 218 g/mol. The van der Waals surface area contributed by atoms with Gasteiger partial charge in [-0.05, 0) is 25.1 Å². The number of rotatable bonds is 4. The smallest absolute Gasteiger partial charge is 0.125 e. The van der Waals surface area contributed by atoms with Gasteiger partial charge < -0.3 is 5.73 Å². The van der Waals surface area contributed by atoms with Crippen LogP contribution in [-0.2, 0) is 0 Å². The average molecular weight is 233 g/mol. The van der Waals surface area contributed by atoms with Crippen LogP contribution in [0, 0.1) is 0 Å². The molecule has 0 saturated heterocycles. The van der Waals surface area contributed by atoms with Crippen LogP contribution >= 0.6 is 11.3 Å². The van der Waals surface area contributed by atoms with Crippen LogP contribution in [0.5, 0.6) is 0 Å². The summed E-state index contributed by atoms with van der Waals surface area (Å²) < 4.78 is 0. The highest BCUT2D eigenvalue weighted by Gasteiger charge is 2.10. The molecule has 4 heteroatoms. The summed E-state index contributed by atoms with van der Waals surface area (Å²) in [6, 6.07) is 3.96. The lowest BCUT2D eigenvalue weighted by Gasteiger charge is -2.04. The third-order valence-electron chi connectivity index (χ3n) is 2.54. The highest BCUT2D eigenvalue weighted by Crippen LogP contribution is 2.27. The molecule has 0 aliphatic carbocycles. The monoisotopic (exact) mass is 233 g/mol. The van der Waals surface area contributed by atoms with Gasteiger partial charge in [0.05, 0.1) is 5.69 Å². The first-order valence-corrected chi connectivity index (χ1v) is 6.25. The normalized spacial score (nSPS) is 12.6. The van der Waals surface area contributed by atoms with Gasteiger partial charge in [-0.3, -0.25) is 4.98 Å². The lowest BCUT2D eigenvalue weighted by Crippen LogP contribution is -2.04. The summed E-state index contributed by atoms with van der Waals surface area (Å²) in [6.07, 6.45) is 4.60. The van der Waals surface area contributed by atoms with Crippen LogP contribution in [0.15, 0.2) is 29.9 Å². The van der Waals surface area contributed by atoms with Crippen LogP contribution < -0.4 is 5.73 Å². The number of hydrogen-bond acceptors (Lipinski definition) is 4. The summed E-state index contributed by atoms with van der Waals surface area (Å²) in [5.41, 5.74) is 7.77. The second-order valence-electron chi connectivity index (χ2n) is 3.80. The Morgan fingerprint density at radius 1 is 1.50 bits per heavy atom. The van der Waals surface area contributed by atoms with Crippen molar-refractivity contribution in [2.45, 2.75) is 19.3 Å². The van der Waals surface area contributed by atoms with Gasteiger partial charge in [-0.25, -0.2) is 4.98 Å². The fourth-order valence-electron chi connectivity index (χ4n) is 1.53. The Balaban J connectivity index is 2.20. The topological polar surface area (TPSA) is 51.8 Å². The number of nitrogens with zero attached hydrogens (tertiary/aromatic N) is 2. The molecular formula is C12H15N3S. The van der Waals surface area contributed by atoms with Crippen LogP contribution in [0.1, 0.15) is 25.0 Å². The molecule has 0 fully saturated rings. The summed E-state index contributed by atoms with van der Waals surface area (Å²) >= 11 is 1.66. The number of hydrogen-bond donors (Lipinski definition) is 1. The van der Waals surface area contributed by atoms with Crippen LogP contribution in [0.4, 0.5) is 0 Å². The maximum Gasteiger partial charge on any atom is 0.125 e. The van der Waals surface area contributed by atoms with Crippen molar-refractivity contribution in [1.82, 2.24) is 9.97 Å². The van der Waals surface area contributed by atoms with Gasteiger partial charge in [-0.1, -0.05) is 6.92 Å². The molecule has 0 radical (unpaired) electrons. The molecule has 1 unspecified atom stereocenters. The predicted octanol–water partition coefficient (Wildman–Crippen LogP) is 2.66. The zero-order chi connectivity index (χ0) is 11.4. The van der Waals surface area contributed by atoms with E-state index in [1.165, 1.54) is 0 Å². The minimum atomic E-state index is 0.437. The van der Waals surface area contributed by atoms with Crippen molar-refractivity contribution in [3.8, 4) is 10.6 Å². The molecule has 0 spiro atoms. The quantitative estimate of drug-likeness (QED) is 0.883. The van der Waals surface area contributed by atoms with Crippen LogP contribution in [0.3, 0.4) is 0 Å². The van der Waals surface area contributed by atoms with Crippen molar-refractivity contribution in [3.63, 3.8) is 0 Å². The van der Waals surface area contributed by atoms with E-state index in [-0.39, 0.29) is 0 Å². The first kappa shape index (κ1) is 11.2. The minimum absolute atomic E-state index is 0.437. The van der Waals surface area contributed by atoms with E-state index in [2.05, 4.69) is 22.3 Å². The SMILES string of the molecule is CC(CCN)c1csc(-c2cccnc2)n1. The highest BCUT2D eigenvalue weighted by molar-refractivity contribution is 7.13. The molecule has 2 rings (SSSR count). The average Bonchev–Trinajstić information content (AvgIpc) is 2.80. The van der Waals surface area contributed by atoms with E-state index in [9.17, 15) is 0 Å². The van der Waals surface area contributed by atoms with Gasteiger partial charge >= 0.3 is 0 Å². The molecule has 84 valence electrons. The molecule has 16 heavy (non-hydrogen) atoms. The van der Waals surface area contributed by atoms with E-state index in [1.807, 2.05) is 18.3 Å². The Labute approximate surface area is 99.4 Å². The molecule has 3 nitrogen and oxygen atoms in total. The van der Waals surface area contributed by atoms with E-state index >= 15 is 0 Å². The molecule has 2 aromatic heterocycles. The Morgan fingerprint density at radius 2 is 2.38 bits per heavy atom. The van der Waals surface area contributed by atoms with Crippen LogP contribution in [0.25, 0.3) is 10.6 Å². The molecule has 0 amide bonds. The van der Waals surface area contributed by atoms with E-state index in [4.69, 9.17) is 5.73 Å². The molecule has 2 aromatic rings. The molecule has 0 aromatic carbocycles. The molecule has 0 bridgehead atoms. The molecule has 0 aliphatic rings. The van der Waals surface area contributed by atoms with E-state index in [0.717, 1.165) is 22.7 Å². The number of nitrogens with two attached hydrogens (primary N) is 1. The van der Waals surface area contributed by atoms with Crippen molar-refractivity contribution >= 4 is 11.3 Å². The van der Waals surface area contributed by atoms with Crippen LogP contribution in [-0.4, -0.2) is 16.5 Å². The van der Waals surface area contributed by atoms with Crippen molar-refractivity contribution in [2.24, 2.45) is 5.73 Å². The molecule has 0 saturated carbocycles. The second kappa shape index (κ2) is 5.18. The second-order valence-corrected chi connectivity index (χ2v) is 4.66. The van der Waals surface area contributed by atoms with E-state index in [1.54, 1.807) is 17.5 Å². The number of thiazole rings is 1. The summed E-state index contributed by atoms with van der Waals surface area (Å²) in [7, 11) is 0. The third kappa shape index (κ3) is 2.46. The minimum Gasteiger partial charge on any atom is -0.330 e. The summed E-state index contributed by atoms with van der Waals surface area (Å²) in [5, 5.41) is 3.15. The van der Waals surface area contributed by atoms with Crippen LogP contribution in [0.2, 0.25) is 0 Å². The van der Waals surface area contributed by atoms with Gasteiger partial charge in [-0.15, -0.1) is 11.3 Å². The molecule has 1 atom stereocenters.